The average Bonchev–Trinajstić information content (AvgIpc) is 3.39. The van der Waals surface area contributed by atoms with Crippen LogP contribution >= 0.6 is 11.6 Å². The Morgan fingerprint density at radius 3 is 2.63 bits per heavy atom. The van der Waals surface area contributed by atoms with Crippen LogP contribution < -0.4 is 0 Å². The van der Waals surface area contributed by atoms with Crippen LogP contribution in [0.15, 0.2) is 71.1 Å². The minimum Gasteiger partial charge on any atom is -0.460 e. The zero-order valence-electron chi connectivity index (χ0n) is 16.5. The molecule has 1 amide bonds. The molecule has 0 saturated carbocycles. The Kier molecular flexibility index (Phi) is 4.68. The second-order valence-electron chi connectivity index (χ2n) is 7.46. The molecule has 3 heterocycles. The number of rotatable bonds is 3. The van der Waals surface area contributed by atoms with Crippen molar-refractivity contribution in [3.63, 3.8) is 0 Å². The molecule has 150 valence electrons. The zero-order valence-corrected chi connectivity index (χ0v) is 17.3. The number of furan rings is 1. The second kappa shape index (κ2) is 7.50. The van der Waals surface area contributed by atoms with E-state index in [1.807, 2.05) is 48.2 Å². The van der Waals surface area contributed by atoms with Gasteiger partial charge >= 0.3 is 0 Å². The largest absolute Gasteiger partial charge is 0.460 e. The van der Waals surface area contributed by atoms with Crippen LogP contribution in [-0.2, 0) is 13.0 Å². The summed E-state index contributed by atoms with van der Waals surface area (Å²) in [5.74, 6) is 1.36. The third-order valence-electron chi connectivity index (χ3n) is 5.39. The Hall–Kier alpha value is -3.31. The Balaban J connectivity index is 1.56. The molecule has 0 spiro atoms. The highest BCUT2D eigenvalue weighted by molar-refractivity contribution is 6.30. The van der Waals surface area contributed by atoms with Crippen LogP contribution in [0, 0.1) is 6.92 Å². The standard InChI is InChI=1S/C24H20ClN3O2/c1-16-9-10-23(30-16)21-14-22(28(26-21)20-8-4-7-19(25)13-20)24(29)27-12-11-17-5-2-3-6-18(17)15-27/h2-10,13-14H,11-12,15H2,1H3. The van der Waals surface area contributed by atoms with Crippen LogP contribution in [0.5, 0.6) is 0 Å². The summed E-state index contributed by atoms with van der Waals surface area (Å²) in [6, 6.07) is 21.2. The first-order valence-corrected chi connectivity index (χ1v) is 10.3. The van der Waals surface area contributed by atoms with Gasteiger partial charge in [-0.05, 0) is 54.8 Å². The maximum atomic E-state index is 13.5. The smallest absolute Gasteiger partial charge is 0.272 e. The van der Waals surface area contributed by atoms with Crippen LogP contribution in [0.4, 0.5) is 0 Å². The van der Waals surface area contributed by atoms with Crippen molar-refractivity contribution in [2.24, 2.45) is 0 Å². The fourth-order valence-electron chi connectivity index (χ4n) is 3.86. The van der Waals surface area contributed by atoms with Gasteiger partial charge in [0.2, 0.25) is 0 Å². The van der Waals surface area contributed by atoms with Crippen LogP contribution in [0.2, 0.25) is 5.02 Å². The van der Waals surface area contributed by atoms with Gasteiger partial charge in [-0.15, -0.1) is 0 Å². The highest BCUT2D eigenvalue weighted by Crippen LogP contribution is 2.27. The molecule has 0 bridgehead atoms. The molecule has 6 heteroatoms. The van der Waals surface area contributed by atoms with E-state index in [-0.39, 0.29) is 5.91 Å². The number of hydrogen-bond acceptors (Lipinski definition) is 3. The van der Waals surface area contributed by atoms with Crippen molar-refractivity contribution in [3.05, 3.63) is 94.3 Å². The van der Waals surface area contributed by atoms with Gasteiger partial charge in [-0.2, -0.15) is 5.10 Å². The maximum Gasteiger partial charge on any atom is 0.272 e. The lowest BCUT2D eigenvalue weighted by molar-refractivity contribution is 0.0725. The average molecular weight is 418 g/mol. The van der Waals surface area contributed by atoms with E-state index in [1.54, 1.807) is 22.9 Å². The summed E-state index contributed by atoms with van der Waals surface area (Å²) in [4.78, 5) is 15.4. The number of aryl methyl sites for hydroxylation is 1. The molecule has 0 radical (unpaired) electrons. The molecule has 5 nitrogen and oxygen atoms in total. The highest BCUT2D eigenvalue weighted by Gasteiger charge is 2.26. The van der Waals surface area contributed by atoms with Crippen molar-refractivity contribution >= 4 is 17.5 Å². The maximum absolute atomic E-state index is 13.5. The number of carbonyl (C=O) groups excluding carboxylic acids is 1. The predicted molar refractivity (Wildman–Crippen MR) is 116 cm³/mol. The van der Waals surface area contributed by atoms with Crippen molar-refractivity contribution in [3.8, 4) is 17.1 Å². The van der Waals surface area contributed by atoms with E-state index in [0.717, 1.165) is 17.9 Å². The van der Waals surface area contributed by atoms with E-state index in [0.29, 0.717) is 35.3 Å². The number of nitrogens with zero attached hydrogens (tertiary/aromatic N) is 3. The molecule has 0 saturated heterocycles. The third-order valence-corrected chi connectivity index (χ3v) is 5.63. The molecule has 0 N–H and O–H groups in total. The number of benzene rings is 2. The summed E-state index contributed by atoms with van der Waals surface area (Å²) in [5, 5.41) is 5.27. The highest BCUT2D eigenvalue weighted by atomic mass is 35.5. The number of halogens is 1. The molecule has 0 aliphatic carbocycles. The molecule has 1 aliphatic rings. The second-order valence-corrected chi connectivity index (χ2v) is 7.90. The molecule has 5 rings (SSSR count). The normalized spacial score (nSPS) is 13.3. The lowest BCUT2D eigenvalue weighted by Gasteiger charge is -2.29. The first-order chi connectivity index (χ1) is 14.6. The van der Waals surface area contributed by atoms with Gasteiger partial charge in [0.05, 0.1) is 5.69 Å². The summed E-state index contributed by atoms with van der Waals surface area (Å²) in [7, 11) is 0. The monoisotopic (exact) mass is 417 g/mol. The quantitative estimate of drug-likeness (QED) is 0.455. The molecule has 30 heavy (non-hydrogen) atoms. The van der Waals surface area contributed by atoms with Crippen molar-refractivity contribution < 1.29 is 9.21 Å². The van der Waals surface area contributed by atoms with Gasteiger partial charge in [-0.25, -0.2) is 4.68 Å². The van der Waals surface area contributed by atoms with Crippen LogP contribution in [-0.4, -0.2) is 27.1 Å². The van der Waals surface area contributed by atoms with Crippen LogP contribution in [0.25, 0.3) is 17.1 Å². The molecule has 0 unspecified atom stereocenters. The predicted octanol–water partition coefficient (Wildman–Crippen LogP) is 5.29. The fourth-order valence-corrected chi connectivity index (χ4v) is 4.05. The lowest BCUT2D eigenvalue weighted by atomic mass is 10.00. The van der Waals surface area contributed by atoms with Gasteiger partial charge in [0.25, 0.3) is 5.91 Å². The Morgan fingerprint density at radius 2 is 1.87 bits per heavy atom. The lowest BCUT2D eigenvalue weighted by Crippen LogP contribution is -2.37. The number of amides is 1. The summed E-state index contributed by atoms with van der Waals surface area (Å²) >= 11 is 6.20. The van der Waals surface area contributed by atoms with Gasteiger partial charge in [-0.3, -0.25) is 4.79 Å². The number of carbonyl (C=O) groups is 1. The van der Waals surface area contributed by atoms with Gasteiger partial charge in [0.1, 0.15) is 17.1 Å². The van der Waals surface area contributed by atoms with Gasteiger partial charge in [0.15, 0.2) is 5.76 Å². The number of aromatic nitrogens is 2. The fraction of sp³-hybridized carbons (Fsp3) is 0.167. The summed E-state index contributed by atoms with van der Waals surface area (Å²) in [5.41, 5.74) is 4.33. The van der Waals surface area contributed by atoms with Crippen molar-refractivity contribution in [1.29, 1.82) is 0 Å². The SMILES string of the molecule is Cc1ccc(-c2cc(C(=O)N3CCc4ccccc4C3)n(-c3cccc(Cl)c3)n2)o1. The number of hydrogen-bond donors (Lipinski definition) is 0. The molecule has 0 atom stereocenters. The molecular formula is C24H20ClN3O2. The summed E-state index contributed by atoms with van der Waals surface area (Å²) < 4.78 is 7.40. The zero-order chi connectivity index (χ0) is 20.7. The minimum absolute atomic E-state index is 0.0634. The Bertz CT molecular complexity index is 1240. The van der Waals surface area contributed by atoms with E-state index in [1.165, 1.54) is 11.1 Å². The van der Waals surface area contributed by atoms with E-state index >= 15 is 0 Å². The van der Waals surface area contributed by atoms with Crippen molar-refractivity contribution in [2.45, 2.75) is 19.9 Å². The molecule has 1 aliphatic heterocycles. The Morgan fingerprint density at radius 1 is 1.03 bits per heavy atom. The molecule has 4 aromatic rings. The summed E-state index contributed by atoms with van der Waals surface area (Å²) in [6.07, 6.45) is 0.845. The van der Waals surface area contributed by atoms with Crippen LogP contribution in [0.3, 0.4) is 0 Å². The minimum atomic E-state index is -0.0634. The van der Waals surface area contributed by atoms with E-state index in [9.17, 15) is 4.79 Å². The van der Waals surface area contributed by atoms with E-state index in [4.69, 9.17) is 16.0 Å². The van der Waals surface area contributed by atoms with Crippen molar-refractivity contribution in [2.75, 3.05) is 6.54 Å². The first kappa shape index (κ1) is 18.7. The molecule has 0 fully saturated rings. The summed E-state index contributed by atoms with van der Waals surface area (Å²) in [6.45, 7) is 3.14. The van der Waals surface area contributed by atoms with E-state index in [2.05, 4.69) is 17.2 Å². The third kappa shape index (κ3) is 3.42. The van der Waals surface area contributed by atoms with Gasteiger partial charge < -0.3 is 9.32 Å². The van der Waals surface area contributed by atoms with Gasteiger partial charge in [-0.1, -0.05) is 41.9 Å². The molecular weight excluding hydrogens is 398 g/mol. The first-order valence-electron chi connectivity index (χ1n) is 9.87. The van der Waals surface area contributed by atoms with Crippen LogP contribution in [0.1, 0.15) is 27.4 Å². The van der Waals surface area contributed by atoms with E-state index < -0.39 is 0 Å². The van der Waals surface area contributed by atoms with Crippen molar-refractivity contribution in [1.82, 2.24) is 14.7 Å². The van der Waals surface area contributed by atoms with Gasteiger partial charge in [0, 0.05) is 24.2 Å². The molecule has 2 aromatic heterocycles. The number of fused-ring (bicyclic) bond motifs is 1. The molecule has 2 aromatic carbocycles. The topological polar surface area (TPSA) is 51.3 Å². The Labute approximate surface area is 179 Å².